The molecule has 7 heteroatoms. The topological polar surface area (TPSA) is 67.4 Å². The highest BCUT2D eigenvalue weighted by Gasteiger charge is 2.65. The van der Waals surface area contributed by atoms with Crippen LogP contribution in [0.15, 0.2) is 9.59 Å². The largest absolute Gasteiger partial charge is 0.356 e. The number of hydrogen-bond donors (Lipinski definition) is 0. The number of ether oxygens (including phenoxy) is 2. The van der Waals surface area contributed by atoms with Gasteiger partial charge in [-0.05, 0) is 13.8 Å². The van der Waals surface area contributed by atoms with E-state index in [-0.39, 0.29) is 0 Å². The van der Waals surface area contributed by atoms with Gasteiger partial charge in [0, 0.05) is 21.3 Å². The van der Waals surface area contributed by atoms with Crippen molar-refractivity contribution in [2.75, 3.05) is 14.2 Å². The van der Waals surface area contributed by atoms with Crippen LogP contribution in [0, 0.1) is 5.41 Å². The Balaban J connectivity index is 3.01. The van der Waals surface area contributed by atoms with Gasteiger partial charge in [-0.25, -0.2) is 14.2 Å². The highest BCUT2D eigenvalue weighted by atomic mass is 16.5. The lowest BCUT2D eigenvalue weighted by atomic mass is 9.74. The third-order valence-electron chi connectivity index (χ3n) is 5.06. The van der Waals surface area contributed by atoms with Crippen molar-refractivity contribution in [3.63, 3.8) is 0 Å². The summed E-state index contributed by atoms with van der Waals surface area (Å²) in [6, 6.07) is 0. The Hall–Kier alpha value is -1.34. The van der Waals surface area contributed by atoms with Gasteiger partial charge in [0.25, 0.3) is 0 Å². The van der Waals surface area contributed by atoms with Gasteiger partial charge >= 0.3 is 11.4 Å². The summed E-state index contributed by atoms with van der Waals surface area (Å²) in [5, 5.41) is 0. The Kier molecular flexibility index (Phi) is 2.67. The van der Waals surface area contributed by atoms with Gasteiger partial charge in [0.05, 0.1) is 5.41 Å². The first kappa shape index (κ1) is 14.1. The van der Waals surface area contributed by atoms with Gasteiger partial charge in [-0.15, -0.1) is 0 Å². The van der Waals surface area contributed by atoms with Crippen LogP contribution in [0.2, 0.25) is 0 Å². The van der Waals surface area contributed by atoms with Crippen molar-refractivity contribution >= 4 is 0 Å². The van der Waals surface area contributed by atoms with Crippen LogP contribution in [0.4, 0.5) is 0 Å². The van der Waals surface area contributed by atoms with Crippen LogP contribution in [-0.2, 0) is 28.0 Å². The van der Waals surface area contributed by atoms with Crippen molar-refractivity contribution in [2.45, 2.75) is 39.1 Å². The molecule has 0 spiro atoms. The molecule has 0 saturated carbocycles. The molecule has 1 aliphatic rings. The molecular formula is C12H21N3O4. The van der Waals surface area contributed by atoms with E-state index < -0.39 is 28.2 Å². The van der Waals surface area contributed by atoms with E-state index >= 15 is 0 Å². The maximum absolute atomic E-state index is 12.3. The number of aromatic nitrogens is 3. The molecule has 1 aliphatic heterocycles. The second-order valence-corrected chi connectivity index (χ2v) is 5.75. The second kappa shape index (κ2) is 3.61. The quantitative estimate of drug-likeness (QED) is 0.761. The highest BCUT2D eigenvalue weighted by Crippen LogP contribution is 2.53. The molecule has 0 aliphatic carbocycles. The minimum atomic E-state index is -0.977. The third kappa shape index (κ3) is 1.20. The molecule has 108 valence electrons. The molecule has 2 atom stereocenters. The van der Waals surface area contributed by atoms with Gasteiger partial charge < -0.3 is 9.47 Å². The molecule has 19 heavy (non-hydrogen) atoms. The van der Waals surface area contributed by atoms with Crippen LogP contribution in [0.25, 0.3) is 0 Å². The Labute approximate surface area is 111 Å². The maximum Gasteiger partial charge on any atom is 0.349 e. The number of hydrogen-bond acceptors (Lipinski definition) is 4. The van der Waals surface area contributed by atoms with Crippen molar-refractivity contribution < 1.29 is 9.47 Å². The SMILES string of the molecule is COC1(C)n2c(=O)n(C)c(=O)n2C(C)(OC)C1(C)C. The van der Waals surface area contributed by atoms with Crippen molar-refractivity contribution in [2.24, 2.45) is 12.5 Å². The second-order valence-electron chi connectivity index (χ2n) is 5.75. The molecule has 1 aromatic rings. The summed E-state index contributed by atoms with van der Waals surface area (Å²) in [4.78, 5) is 24.6. The van der Waals surface area contributed by atoms with Gasteiger partial charge in [0.2, 0.25) is 0 Å². The van der Waals surface area contributed by atoms with E-state index in [4.69, 9.17) is 9.47 Å². The molecule has 0 bridgehead atoms. The maximum atomic E-state index is 12.3. The van der Waals surface area contributed by atoms with E-state index in [0.717, 1.165) is 4.57 Å². The molecule has 0 N–H and O–H groups in total. The lowest BCUT2D eigenvalue weighted by Gasteiger charge is -2.43. The zero-order valence-electron chi connectivity index (χ0n) is 12.5. The van der Waals surface area contributed by atoms with Gasteiger partial charge in [-0.3, -0.25) is 0 Å². The molecule has 0 saturated heterocycles. The fraction of sp³-hybridized carbons (Fsp3) is 0.833. The van der Waals surface area contributed by atoms with Crippen LogP contribution in [0.1, 0.15) is 27.7 Å². The molecule has 2 unspecified atom stereocenters. The van der Waals surface area contributed by atoms with E-state index in [2.05, 4.69) is 0 Å². The monoisotopic (exact) mass is 271 g/mol. The van der Waals surface area contributed by atoms with E-state index in [1.807, 2.05) is 13.8 Å². The summed E-state index contributed by atoms with van der Waals surface area (Å²) in [7, 11) is 4.50. The molecule has 0 radical (unpaired) electrons. The molecule has 2 rings (SSSR count). The fourth-order valence-electron chi connectivity index (χ4n) is 2.93. The predicted octanol–water partition coefficient (Wildman–Crippen LogP) is 0.0265. The van der Waals surface area contributed by atoms with E-state index in [9.17, 15) is 9.59 Å². The van der Waals surface area contributed by atoms with Crippen LogP contribution >= 0.6 is 0 Å². The minimum absolute atomic E-state index is 0.414. The first-order valence-corrected chi connectivity index (χ1v) is 6.12. The lowest BCUT2D eigenvalue weighted by Crippen LogP contribution is -2.53. The number of methoxy groups -OCH3 is 2. The van der Waals surface area contributed by atoms with Crippen LogP contribution in [0.3, 0.4) is 0 Å². The summed E-state index contributed by atoms with van der Waals surface area (Å²) >= 11 is 0. The normalized spacial score (nSPS) is 32.6. The van der Waals surface area contributed by atoms with Crippen molar-refractivity contribution in [1.29, 1.82) is 0 Å². The smallest absolute Gasteiger partial charge is 0.349 e. The predicted molar refractivity (Wildman–Crippen MR) is 69.0 cm³/mol. The highest BCUT2D eigenvalue weighted by molar-refractivity contribution is 5.06. The Morgan fingerprint density at radius 1 is 0.842 bits per heavy atom. The Bertz CT molecular complexity index is 587. The van der Waals surface area contributed by atoms with Crippen LogP contribution in [-0.4, -0.2) is 28.2 Å². The summed E-state index contributed by atoms with van der Waals surface area (Å²) in [5.41, 5.74) is -3.40. The molecule has 0 amide bonds. The Morgan fingerprint density at radius 2 is 1.16 bits per heavy atom. The van der Waals surface area contributed by atoms with Crippen molar-refractivity contribution in [1.82, 2.24) is 13.9 Å². The summed E-state index contributed by atoms with van der Waals surface area (Å²) in [5.74, 6) is 0. The van der Waals surface area contributed by atoms with Crippen LogP contribution < -0.4 is 11.4 Å². The van der Waals surface area contributed by atoms with Crippen molar-refractivity contribution in [3.8, 4) is 0 Å². The Morgan fingerprint density at radius 3 is 1.42 bits per heavy atom. The zero-order valence-corrected chi connectivity index (χ0v) is 12.5. The summed E-state index contributed by atoms with van der Waals surface area (Å²) < 4.78 is 14.9. The van der Waals surface area contributed by atoms with E-state index in [0.29, 0.717) is 0 Å². The summed E-state index contributed by atoms with van der Waals surface area (Å²) in [6.45, 7) is 7.40. The third-order valence-corrected chi connectivity index (χ3v) is 5.06. The minimum Gasteiger partial charge on any atom is -0.356 e. The zero-order chi connectivity index (χ0) is 14.8. The van der Waals surface area contributed by atoms with Gasteiger partial charge in [-0.1, -0.05) is 13.8 Å². The molecule has 2 heterocycles. The lowest BCUT2D eigenvalue weighted by molar-refractivity contribution is -0.213. The van der Waals surface area contributed by atoms with Crippen molar-refractivity contribution in [3.05, 3.63) is 21.0 Å². The average molecular weight is 271 g/mol. The molecule has 7 nitrogen and oxygen atoms in total. The molecule has 0 aromatic carbocycles. The fourth-order valence-corrected chi connectivity index (χ4v) is 2.93. The molecule has 0 fully saturated rings. The standard InChI is InChI=1S/C12H21N3O4/c1-10(2)11(3,18-6)14-8(16)13(5)9(17)15(14)12(10,4)19-7/h1-7H3. The molecule has 1 aromatic heterocycles. The van der Waals surface area contributed by atoms with Gasteiger partial charge in [0.15, 0.2) is 11.4 Å². The van der Waals surface area contributed by atoms with Crippen LogP contribution in [0.5, 0.6) is 0 Å². The summed E-state index contributed by atoms with van der Waals surface area (Å²) in [6.07, 6.45) is 0. The number of rotatable bonds is 2. The van der Waals surface area contributed by atoms with Gasteiger partial charge in [-0.2, -0.15) is 9.36 Å². The first-order valence-electron chi connectivity index (χ1n) is 6.12. The molecular weight excluding hydrogens is 250 g/mol. The van der Waals surface area contributed by atoms with E-state index in [1.165, 1.54) is 30.6 Å². The number of nitrogens with zero attached hydrogens (tertiary/aromatic N) is 3. The van der Waals surface area contributed by atoms with Gasteiger partial charge in [0.1, 0.15) is 0 Å². The average Bonchev–Trinajstić information content (AvgIpc) is 2.68. The van der Waals surface area contributed by atoms with E-state index in [1.54, 1.807) is 13.8 Å². The number of fused-ring (bicyclic) bond motifs is 1. The first-order chi connectivity index (χ1) is 8.60.